The molecule has 1 fully saturated rings. The molecule has 1 unspecified atom stereocenters. The Labute approximate surface area is 154 Å². The summed E-state index contributed by atoms with van der Waals surface area (Å²) in [5.74, 6) is 0. The summed E-state index contributed by atoms with van der Waals surface area (Å²) in [7, 11) is 0. The lowest BCUT2D eigenvalue weighted by molar-refractivity contribution is 0.119. The van der Waals surface area contributed by atoms with E-state index in [1.165, 1.54) is 5.56 Å². The van der Waals surface area contributed by atoms with Crippen molar-refractivity contribution in [3.8, 4) is 0 Å². The maximum atomic E-state index is 12.5. The highest BCUT2D eigenvalue weighted by atomic mass is 35.5. The minimum atomic E-state index is -0.0580. The van der Waals surface area contributed by atoms with E-state index in [1.54, 1.807) is 6.07 Å². The molecule has 0 aliphatic carbocycles. The molecule has 0 saturated carbocycles. The Bertz CT molecular complexity index is 727. The summed E-state index contributed by atoms with van der Waals surface area (Å²) in [6.45, 7) is 7.38. The van der Waals surface area contributed by atoms with Crippen LogP contribution in [0.15, 0.2) is 48.5 Å². The summed E-state index contributed by atoms with van der Waals surface area (Å²) in [5, 5.41) is 3.61. The molecule has 1 aliphatic heterocycles. The predicted octanol–water partition coefficient (Wildman–Crippen LogP) is 4.56. The summed E-state index contributed by atoms with van der Waals surface area (Å²) >= 11 is 6.03. The fourth-order valence-electron chi connectivity index (χ4n) is 3.18. The highest BCUT2D eigenvalue weighted by molar-refractivity contribution is 6.31. The summed E-state index contributed by atoms with van der Waals surface area (Å²) in [6.07, 6.45) is 0. The topological polar surface area (TPSA) is 35.6 Å². The van der Waals surface area contributed by atoms with Crippen LogP contribution in [0.4, 0.5) is 10.5 Å². The first-order chi connectivity index (χ1) is 12.0. The van der Waals surface area contributed by atoms with Gasteiger partial charge in [0.1, 0.15) is 0 Å². The van der Waals surface area contributed by atoms with Crippen LogP contribution in [0.5, 0.6) is 0 Å². The Hall–Kier alpha value is -2.04. The van der Waals surface area contributed by atoms with Crippen LogP contribution in [-0.2, 0) is 0 Å². The zero-order valence-corrected chi connectivity index (χ0v) is 15.5. The molecule has 3 rings (SSSR count). The van der Waals surface area contributed by atoms with Crippen molar-refractivity contribution in [3.63, 3.8) is 0 Å². The van der Waals surface area contributed by atoms with Gasteiger partial charge in [0.15, 0.2) is 0 Å². The molecule has 2 amide bonds. The van der Waals surface area contributed by atoms with E-state index >= 15 is 0 Å². The minimum Gasteiger partial charge on any atom is -0.322 e. The summed E-state index contributed by atoms with van der Waals surface area (Å²) in [5.41, 5.74) is 3.10. The number of carbonyl (C=O) groups excluding carboxylic acids is 1. The van der Waals surface area contributed by atoms with Crippen LogP contribution in [0.2, 0.25) is 5.02 Å². The van der Waals surface area contributed by atoms with Crippen LogP contribution in [0.1, 0.15) is 24.1 Å². The van der Waals surface area contributed by atoms with E-state index < -0.39 is 0 Å². The lowest BCUT2D eigenvalue weighted by Gasteiger charge is -2.38. The zero-order valence-electron chi connectivity index (χ0n) is 14.7. The molecular formula is C20H24ClN3O. The molecule has 5 heteroatoms. The zero-order chi connectivity index (χ0) is 17.8. The first kappa shape index (κ1) is 17.8. The third kappa shape index (κ3) is 4.33. The number of hydrogen-bond donors (Lipinski definition) is 1. The summed E-state index contributed by atoms with van der Waals surface area (Å²) < 4.78 is 0. The van der Waals surface area contributed by atoms with Gasteiger partial charge in [-0.05, 0) is 37.1 Å². The van der Waals surface area contributed by atoms with E-state index in [9.17, 15) is 4.79 Å². The number of hydrogen-bond acceptors (Lipinski definition) is 2. The van der Waals surface area contributed by atoms with Crippen LogP contribution >= 0.6 is 11.6 Å². The number of nitrogens with one attached hydrogen (secondary N) is 1. The predicted molar refractivity (Wildman–Crippen MR) is 103 cm³/mol. The molecule has 1 saturated heterocycles. The van der Waals surface area contributed by atoms with Crippen LogP contribution in [0, 0.1) is 6.92 Å². The molecule has 2 aromatic carbocycles. The molecule has 1 heterocycles. The fourth-order valence-corrected chi connectivity index (χ4v) is 3.35. The normalized spacial score (nSPS) is 16.5. The van der Waals surface area contributed by atoms with Crippen molar-refractivity contribution in [1.29, 1.82) is 0 Å². The number of anilines is 1. The van der Waals surface area contributed by atoms with Gasteiger partial charge in [-0.15, -0.1) is 0 Å². The molecule has 1 atom stereocenters. The van der Waals surface area contributed by atoms with Gasteiger partial charge in [-0.3, -0.25) is 4.90 Å². The van der Waals surface area contributed by atoms with Gasteiger partial charge in [0.25, 0.3) is 0 Å². The molecular weight excluding hydrogens is 334 g/mol. The maximum absolute atomic E-state index is 12.5. The number of piperazine rings is 1. The third-order valence-electron chi connectivity index (χ3n) is 4.87. The van der Waals surface area contributed by atoms with E-state index in [0.29, 0.717) is 11.1 Å². The van der Waals surface area contributed by atoms with Gasteiger partial charge in [-0.2, -0.15) is 0 Å². The van der Waals surface area contributed by atoms with Gasteiger partial charge in [0, 0.05) is 42.9 Å². The van der Waals surface area contributed by atoms with Crippen molar-refractivity contribution in [2.75, 3.05) is 31.5 Å². The Morgan fingerprint density at radius 3 is 2.44 bits per heavy atom. The lowest BCUT2D eigenvalue weighted by Crippen LogP contribution is -2.50. The second-order valence-corrected chi connectivity index (χ2v) is 6.94. The number of halogens is 1. The van der Waals surface area contributed by atoms with Crippen LogP contribution < -0.4 is 5.32 Å². The van der Waals surface area contributed by atoms with Gasteiger partial charge in [0.05, 0.1) is 0 Å². The third-order valence-corrected chi connectivity index (χ3v) is 5.11. The monoisotopic (exact) mass is 357 g/mol. The van der Waals surface area contributed by atoms with Gasteiger partial charge >= 0.3 is 6.03 Å². The molecule has 0 bridgehead atoms. The van der Waals surface area contributed by atoms with Crippen molar-refractivity contribution >= 4 is 23.3 Å². The first-order valence-electron chi connectivity index (χ1n) is 8.65. The van der Waals surface area contributed by atoms with E-state index in [-0.39, 0.29) is 6.03 Å². The summed E-state index contributed by atoms with van der Waals surface area (Å²) in [6, 6.07) is 16.3. The van der Waals surface area contributed by atoms with Crippen molar-refractivity contribution in [3.05, 3.63) is 64.7 Å². The maximum Gasteiger partial charge on any atom is 0.321 e. The molecule has 25 heavy (non-hydrogen) atoms. The van der Waals surface area contributed by atoms with E-state index in [4.69, 9.17) is 11.6 Å². The van der Waals surface area contributed by atoms with Crippen LogP contribution in [0.3, 0.4) is 0 Å². The van der Waals surface area contributed by atoms with Crippen molar-refractivity contribution in [1.82, 2.24) is 9.80 Å². The van der Waals surface area contributed by atoms with E-state index in [2.05, 4.69) is 41.4 Å². The van der Waals surface area contributed by atoms with Crippen molar-refractivity contribution in [2.24, 2.45) is 0 Å². The largest absolute Gasteiger partial charge is 0.322 e. The number of carbonyl (C=O) groups is 1. The van der Waals surface area contributed by atoms with Gasteiger partial charge < -0.3 is 10.2 Å². The lowest BCUT2D eigenvalue weighted by atomic mass is 10.1. The average molecular weight is 358 g/mol. The molecule has 0 aromatic heterocycles. The fraction of sp³-hybridized carbons (Fsp3) is 0.350. The summed E-state index contributed by atoms with van der Waals surface area (Å²) in [4.78, 5) is 16.8. The molecule has 0 radical (unpaired) electrons. The highest BCUT2D eigenvalue weighted by Crippen LogP contribution is 2.23. The minimum absolute atomic E-state index is 0.0580. The Morgan fingerprint density at radius 1 is 1.08 bits per heavy atom. The molecule has 1 aliphatic rings. The number of amides is 2. The van der Waals surface area contributed by atoms with Crippen LogP contribution in [-0.4, -0.2) is 42.0 Å². The second-order valence-electron chi connectivity index (χ2n) is 6.50. The first-order valence-corrected chi connectivity index (χ1v) is 9.03. The highest BCUT2D eigenvalue weighted by Gasteiger charge is 2.24. The Balaban J connectivity index is 1.56. The van der Waals surface area contributed by atoms with Gasteiger partial charge in [-0.25, -0.2) is 4.79 Å². The van der Waals surface area contributed by atoms with Gasteiger partial charge in [-0.1, -0.05) is 48.0 Å². The van der Waals surface area contributed by atoms with E-state index in [1.807, 2.05) is 30.0 Å². The van der Waals surface area contributed by atoms with Gasteiger partial charge in [0.2, 0.25) is 0 Å². The number of nitrogens with zero attached hydrogens (tertiary/aromatic N) is 2. The molecule has 132 valence electrons. The molecule has 0 spiro atoms. The molecule has 1 N–H and O–H groups in total. The number of urea groups is 1. The molecule has 2 aromatic rings. The Morgan fingerprint density at radius 2 is 1.76 bits per heavy atom. The SMILES string of the molecule is Cc1ccc(Cl)cc1NC(=O)N1CCN(C(C)c2ccccc2)CC1. The number of aryl methyl sites for hydroxylation is 1. The quantitative estimate of drug-likeness (QED) is 0.874. The molecule has 4 nitrogen and oxygen atoms in total. The second kappa shape index (κ2) is 7.89. The van der Waals surface area contributed by atoms with Crippen molar-refractivity contribution in [2.45, 2.75) is 19.9 Å². The number of rotatable bonds is 3. The van der Waals surface area contributed by atoms with Crippen LogP contribution in [0.25, 0.3) is 0 Å². The standard InChI is InChI=1S/C20H24ClN3O/c1-15-8-9-18(21)14-19(15)22-20(25)24-12-10-23(11-13-24)16(2)17-6-4-3-5-7-17/h3-9,14,16H,10-13H2,1-2H3,(H,22,25). The number of benzene rings is 2. The van der Waals surface area contributed by atoms with E-state index in [0.717, 1.165) is 37.4 Å². The van der Waals surface area contributed by atoms with Crippen molar-refractivity contribution < 1.29 is 4.79 Å². The smallest absolute Gasteiger partial charge is 0.321 e. The average Bonchev–Trinajstić information content (AvgIpc) is 2.65. The Kier molecular flexibility index (Phi) is 5.61.